The Hall–Kier alpha value is -1.06. The Labute approximate surface area is 90.8 Å². The molecule has 0 aliphatic heterocycles. The van der Waals surface area contributed by atoms with Crippen molar-refractivity contribution in [3.63, 3.8) is 0 Å². The molecule has 0 aliphatic rings. The van der Waals surface area contributed by atoms with Crippen molar-refractivity contribution in [2.24, 2.45) is 5.41 Å². The van der Waals surface area contributed by atoms with E-state index in [2.05, 4.69) is 5.32 Å². The van der Waals surface area contributed by atoms with E-state index in [9.17, 15) is 0 Å². The molecule has 0 aromatic carbocycles. The SMILES string of the molecule is CC(C)(CO)CNC/C=C/c1ccco1. The molecule has 0 bridgehead atoms. The summed E-state index contributed by atoms with van der Waals surface area (Å²) in [5, 5.41) is 12.3. The molecule has 2 N–H and O–H groups in total. The molecule has 0 saturated carbocycles. The van der Waals surface area contributed by atoms with E-state index in [0.29, 0.717) is 0 Å². The van der Waals surface area contributed by atoms with E-state index >= 15 is 0 Å². The summed E-state index contributed by atoms with van der Waals surface area (Å²) in [5.74, 6) is 0.859. The number of nitrogens with one attached hydrogen (secondary N) is 1. The number of rotatable bonds is 6. The van der Waals surface area contributed by atoms with Gasteiger partial charge in [-0.1, -0.05) is 19.9 Å². The Balaban J connectivity index is 2.17. The Morgan fingerprint density at radius 2 is 2.33 bits per heavy atom. The van der Waals surface area contributed by atoms with E-state index in [1.807, 2.05) is 38.1 Å². The van der Waals surface area contributed by atoms with Crippen LogP contribution in [-0.4, -0.2) is 24.8 Å². The largest absolute Gasteiger partial charge is 0.465 e. The van der Waals surface area contributed by atoms with Crippen LogP contribution in [0.1, 0.15) is 19.6 Å². The summed E-state index contributed by atoms with van der Waals surface area (Å²) >= 11 is 0. The smallest absolute Gasteiger partial charge is 0.126 e. The summed E-state index contributed by atoms with van der Waals surface area (Å²) in [6, 6.07) is 3.77. The fourth-order valence-electron chi connectivity index (χ4n) is 1.11. The van der Waals surface area contributed by atoms with Crippen molar-refractivity contribution in [2.75, 3.05) is 19.7 Å². The maximum atomic E-state index is 9.03. The van der Waals surface area contributed by atoms with Crippen molar-refractivity contribution >= 4 is 6.08 Å². The zero-order valence-electron chi connectivity index (χ0n) is 9.36. The van der Waals surface area contributed by atoms with Crippen LogP contribution in [0.25, 0.3) is 6.08 Å². The quantitative estimate of drug-likeness (QED) is 0.703. The van der Waals surface area contributed by atoms with Gasteiger partial charge in [0.2, 0.25) is 0 Å². The highest BCUT2D eigenvalue weighted by Crippen LogP contribution is 2.10. The van der Waals surface area contributed by atoms with Crippen LogP contribution in [0.2, 0.25) is 0 Å². The van der Waals surface area contributed by atoms with Gasteiger partial charge in [-0.25, -0.2) is 0 Å². The minimum atomic E-state index is -0.0570. The Kier molecular flexibility index (Phi) is 4.59. The third kappa shape index (κ3) is 4.81. The first-order valence-electron chi connectivity index (χ1n) is 5.16. The highest BCUT2D eigenvalue weighted by Gasteiger charge is 2.14. The van der Waals surface area contributed by atoms with E-state index in [1.54, 1.807) is 6.26 Å². The second-order valence-corrected chi connectivity index (χ2v) is 4.37. The highest BCUT2D eigenvalue weighted by molar-refractivity contribution is 5.42. The zero-order valence-corrected chi connectivity index (χ0v) is 9.36. The molecule has 3 nitrogen and oxygen atoms in total. The number of aliphatic hydroxyl groups is 1. The molecule has 0 spiro atoms. The molecular formula is C12H19NO2. The van der Waals surface area contributed by atoms with Crippen molar-refractivity contribution in [1.82, 2.24) is 5.32 Å². The summed E-state index contributed by atoms with van der Waals surface area (Å²) in [7, 11) is 0. The van der Waals surface area contributed by atoms with Crippen LogP contribution in [0.3, 0.4) is 0 Å². The lowest BCUT2D eigenvalue weighted by Gasteiger charge is -2.21. The lowest BCUT2D eigenvalue weighted by atomic mass is 9.95. The Bertz CT molecular complexity index is 289. The summed E-state index contributed by atoms with van der Waals surface area (Å²) in [5.41, 5.74) is -0.0570. The van der Waals surface area contributed by atoms with Gasteiger partial charge >= 0.3 is 0 Å². The molecule has 3 heteroatoms. The van der Waals surface area contributed by atoms with Crippen LogP contribution >= 0.6 is 0 Å². The van der Waals surface area contributed by atoms with Gasteiger partial charge in [-0.15, -0.1) is 0 Å². The fraction of sp³-hybridized carbons (Fsp3) is 0.500. The van der Waals surface area contributed by atoms with Gasteiger partial charge in [0.1, 0.15) is 5.76 Å². The lowest BCUT2D eigenvalue weighted by Crippen LogP contribution is -2.32. The van der Waals surface area contributed by atoms with Gasteiger partial charge in [0.05, 0.1) is 6.26 Å². The molecule has 84 valence electrons. The maximum Gasteiger partial charge on any atom is 0.126 e. The molecule has 0 atom stereocenters. The van der Waals surface area contributed by atoms with Crippen molar-refractivity contribution in [3.05, 3.63) is 30.2 Å². The number of aliphatic hydroxyl groups excluding tert-OH is 1. The van der Waals surface area contributed by atoms with Crippen LogP contribution in [0, 0.1) is 5.41 Å². The van der Waals surface area contributed by atoms with E-state index in [4.69, 9.17) is 9.52 Å². The van der Waals surface area contributed by atoms with E-state index < -0.39 is 0 Å². The third-order valence-corrected chi connectivity index (χ3v) is 2.12. The molecule has 0 aliphatic carbocycles. The molecule has 0 unspecified atom stereocenters. The summed E-state index contributed by atoms with van der Waals surface area (Å²) in [4.78, 5) is 0. The summed E-state index contributed by atoms with van der Waals surface area (Å²) in [6.45, 7) is 5.82. The molecule has 1 heterocycles. The molecular weight excluding hydrogens is 190 g/mol. The zero-order chi connectivity index (χ0) is 11.1. The van der Waals surface area contributed by atoms with E-state index in [0.717, 1.165) is 18.8 Å². The average molecular weight is 209 g/mol. The van der Waals surface area contributed by atoms with Gasteiger partial charge < -0.3 is 14.8 Å². The normalized spacial score (nSPS) is 12.5. The molecule has 1 aromatic heterocycles. The predicted octanol–water partition coefficient (Wildman–Crippen LogP) is 1.90. The predicted molar refractivity (Wildman–Crippen MR) is 61.5 cm³/mol. The van der Waals surface area contributed by atoms with Crippen LogP contribution in [-0.2, 0) is 0 Å². The monoisotopic (exact) mass is 209 g/mol. The second-order valence-electron chi connectivity index (χ2n) is 4.37. The van der Waals surface area contributed by atoms with Crippen molar-refractivity contribution < 1.29 is 9.52 Å². The maximum absolute atomic E-state index is 9.03. The Morgan fingerprint density at radius 1 is 1.53 bits per heavy atom. The summed E-state index contributed by atoms with van der Waals surface area (Å²) in [6.07, 6.45) is 5.59. The standard InChI is InChI=1S/C12H19NO2/c1-12(2,10-14)9-13-7-3-5-11-6-4-8-15-11/h3-6,8,13-14H,7,9-10H2,1-2H3/b5-3+. The first-order chi connectivity index (χ1) is 7.14. The molecule has 0 amide bonds. The minimum absolute atomic E-state index is 0.0570. The van der Waals surface area contributed by atoms with Crippen LogP contribution < -0.4 is 5.32 Å². The van der Waals surface area contributed by atoms with Crippen molar-refractivity contribution in [2.45, 2.75) is 13.8 Å². The van der Waals surface area contributed by atoms with Gasteiger partial charge in [-0.2, -0.15) is 0 Å². The van der Waals surface area contributed by atoms with Crippen molar-refractivity contribution in [1.29, 1.82) is 0 Å². The molecule has 0 fully saturated rings. The van der Waals surface area contributed by atoms with Crippen LogP contribution in [0.4, 0.5) is 0 Å². The van der Waals surface area contributed by atoms with E-state index in [1.165, 1.54) is 0 Å². The lowest BCUT2D eigenvalue weighted by molar-refractivity contribution is 0.158. The van der Waals surface area contributed by atoms with Gasteiger partial charge in [-0.05, 0) is 18.2 Å². The minimum Gasteiger partial charge on any atom is -0.465 e. The van der Waals surface area contributed by atoms with Gasteiger partial charge in [0.25, 0.3) is 0 Å². The average Bonchev–Trinajstić information content (AvgIpc) is 2.70. The van der Waals surface area contributed by atoms with Crippen molar-refractivity contribution in [3.8, 4) is 0 Å². The van der Waals surface area contributed by atoms with Gasteiger partial charge in [0, 0.05) is 25.1 Å². The first-order valence-corrected chi connectivity index (χ1v) is 5.16. The second kappa shape index (κ2) is 5.73. The van der Waals surface area contributed by atoms with Crippen LogP contribution in [0.5, 0.6) is 0 Å². The summed E-state index contributed by atoms with van der Waals surface area (Å²) < 4.78 is 5.15. The highest BCUT2D eigenvalue weighted by atomic mass is 16.3. The number of hydrogen-bond acceptors (Lipinski definition) is 3. The molecule has 0 saturated heterocycles. The van der Waals surface area contributed by atoms with E-state index in [-0.39, 0.29) is 12.0 Å². The molecule has 15 heavy (non-hydrogen) atoms. The fourth-order valence-corrected chi connectivity index (χ4v) is 1.11. The van der Waals surface area contributed by atoms with Gasteiger partial charge in [0.15, 0.2) is 0 Å². The number of furan rings is 1. The first kappa shape index (κ1) is 12.0. The Morgan fingerprint density at radius 3 is 2.93 bits per heavy atom. The van der Waals surface area contributed by atoms with Gasteiger partial charge in [-0.3, -0.25) is 0 Å². The number of hydrogen-bond donors (Lipinski definition) is 2. The van der Waals surface area contributed by atoms with Crippen LogP contribution in [0.15, 0.2) is 28.9 Å². The molecule has 1 rings (SSSR count). The third-order valence-electron chi connectivity index (χ3n) is 2.12. The molecule has 1 aromatic rings. The molecule has 0 radical (unpaired) electrons. The topological polar surface area (TPSA) is 45.4 Å².